The first-order valence-corrected chi connectivity index (χ1v) is 10.5. The van der Waals surface area contributed by atoms with Gasteiger partial charge in [-0.3, -0.25) is 4.79 Å². The number of rotatable bonds is 9. The third kappa shape index (κ3) is 7.35. The zero-order valence-electron chi connectivity index (χ0n) is 16.9. The molecule has 0 radical (unpaired) electrons. The number of likely N-dealkylation sites (tertiary alicyclic amines) is 1. The highest BCUT2D eigenvalue weighted by atomic mass is 16.6. The molecular weight excluding hydrogens is 364 g/mol. The Bertz CT molecular complexity index is 764. The van der Waals surface area contributed by atoms with Gasteiger partial charge in [0.25, 0.3) is 0 Å². The Hall–Kier alpha value is -2.66. The van der Waals surface area contributed by atoms with E-state index in [1.165, 1.54) is 5.56 Å². The van der Waals surface area contributed by atoms with Crippen LogP contribution in [0.25, 0.3) is 0 Å². The molecule has 1 saturated heterocycles. The first-order chi connectivity index (χ1) is 14.2. The van der Waals surface area contributed by atoms with Crippen molar-refractivity contribution in [3.05, 3.63) is 71.8 Å². The minimum atomic E-state index is -0.265. The maximum Gasteiger partial charge on any atom is 0.410 e. The van der Waals surface area contributed by atoms with Crippen molar-refractivity contribution in [2.45, 2.75) is 44.8 Å². The molecule has 154 valence electrons. The molecule has 2 aromatic carbocycles. The van der Waals surface area contributed by atoms with Crippen LogP contribution < -0.4 is 5.32 Å². The molecule has 0 bridgehead atoms. The van der Waals surface area contributed by atoms with Gasteiger partial charge in [-0.05, 0) is 30.4 Å². The summed E-state index contributed by atoms with van der Waals surface area (Å²) in [4.78, 5) is 26.2. The van der Waals surface area contributed by atoms with E-state index in [1.54, 1.807) is 4.90 Å². The maximum absolute atomic E-state index is 12.3. The van der Waals surface area contributed by atoms with E-state index < -0.39 is 0 Å². The molecule has 1 aliphatic rings. The van der Waals surface area contributed by atoms with Gasteiger partial charge in [0.1, 0.15) is 12.4 Å². The second-order valence-electron chi connectivity index (χ2n) is 7.55. The summed E-state index contributed by atoms with van der Waals surface area (Å²) in [6, 6.07) is 20.0. The minimum absolute atomic E-state index is 0.218. The van der Waals surface area contributed by atoms with Crippen LogP contribution in [0.2, 0.25) is 0 Å². The molecule has 0 spiro atoms. The zero-order valence-corrected chi connectivity index (χ0v) is 16.9. The number of ether oxygens (including phenoxy) is 1. The van der Waals surface area contributed by atoms with Crippen LogP contribution in [0.1, 0.15) is 36.8 Å². The topological polar surface area (TPSA) is 58.6 Å². The lowest BCUT2D eigenvalue weighted by Gasteiger charge is -2.32. The average Bonchev–Trinajstić information content (AvgIpc) is 2.78. The monoisotopic (exact) mass is 394 g/mol. The van der Waals surface area contributed by atoms with Crippen LogP contribution in [0.4, 0.5) is 4.79 Å². The molecule has 0 saturated carbocycles. The molecule has 5 heteroatoms. The highest BCUT2D eigenvalue weighted by Crippen LogP contribution is 2.13. The molecule has 2 aromatic rings. The summed E-state index contributed by atoms with van der Waals surface area (Å²) in [5.41, 5.74) is 2.19. The molecule has 1 fully saturated rings. The lowest BCUT2D eigenvalue weighted by atomic mass is 10.0. The second-order valence-corrected chi connectivity index (χ2v) is 7.55. The number of carbonyl (C=O) groups excluding carboxylic acids is 2. The SMILES string of the molecule is O=C(CCN[C@@H]1CCCN(C(=O)OCc2ccccc2)C1)CCc1ccccc1. The van der Waals surface area contributed by atoms with Crippen LogP contribution in [0.15, 0.2) is 60.7 Å². The van der Waals surface area contributed by atoms with Crippen molar-refractivity contribution in [2.24, 2.45) is 0 Å². The largest absolute Gasteiger partial charge is 0.445 e. The van der Waals surface area contributed by atoms with Crippen molar-refractivity contribution in [3.8, 4) is 0 Å². The Morgan fingerprint density at radius 1 is 0.966 bits per heavy atom. The zero-order chi connectivity index (χ0) is 20.3. The smallest absolute Gasteiger partial charge is 0.410 e. The predicted molar refractivity (Wildman–Crippen MR) is 114 cm³/mol. The van der Waals surface area contributed by atoms with E-state index in [2.05, 4.69) is 17.4 Å². The number of Topliss-reactive ketones (excluding diaryl/α,β-unsaturated/α-hetero) is 1. The number of benzene rings is 2. The average molecular weight is 395 g/mol. The van der Waals surface area contributed by atoms with Crippen LogP contribution in [0.3, 0.4) is 0 Å². The summed E-state index contributed by atoms with van der Waals surface area (Å²) in [6.07, 6.45) is 3.60. The van der Waals surface area contributed by atoms with Gasteiger partial charge in [-0.25, -0.2) is 4.79 Å². The van der Waals surface area contributed by atoms with E-state index >= 15 is 0 Å². The van der Waals surface area contributed by atoms with Crippen molar-refractivity contribution < 1.29 is 14.3 Å². The number of nitrogens with one attached hydrogen (secondary N) is 1. The fourth-order valence-corrected chi connectivity index (χ4v) is 3.59. The molecule has 0 aliphatic carbocycles. The fourth-order valence-electron chi connectivity index (χ4n) is 3.59. The Morgan fingerprint density at radius 2 is 1.66 bits per heavy atom. The Kier molecular flexibility index (Phi) is 8.25. The molecule has 1 heterocycles. The summed E-state index contributed by atoms with van der Waals surface area (Å²) in [6.45, 7) is 2.31. The second kappa shape index (κ2) is 11.4. The van der Waals surface area contributed by atoms with Gasteiger partial charge in [0.15, 0.2) is 0 Å². The molecule has 3 rings (SSSR count). The number of hydrogen-bond acceptors (Lipinski definition) is 4. The number of nitrogens with zero attached hydrogens (tertiary/aromatic N) is 1. The van der Waals surface area contributed by atoms with E-state index in [0.717, 1.165) is 31.4 Å². The Morgan fingerprint density at radius 3 is 2.38 bits per heavy atom. The van der Waals surface area contributed by atoms with Gasteiger partial charge >= 0.3 is 6.09 Å². The van der Waals surface area contributed by atoms with Crippen molar-refractivity contribution in [2.75, 3.05) is 19.6 Å². The minimum Gasteiger partial charge on any atom is -0.445 e. The lowest BCUT2D eigenvalue weighted by molar-refractivity contribution is -0.119. The van der Waals surface area contributed by atoms with Gasteiger partial charge in [-0.1, -0.05) is 60.7 Å². The van der Waals surface area contributed by atoms with Gasteiger partial charge in [-0.2, -0.15) is 0 Å². The lowest BCUT2D eigenvalue weighted by Crippen LogP contribution is -2.48. The van der Waals surface area contributed by atoms with E-state index in [1.807, 2.05) is 48.5 Å². The Labute approximate surface area is 173 Å². The highest BCUT2D eigenvalue weighted by Gasteiger charge is 2.24. The predicted octanol–water partition coefficient (Wildman–Crippen LogP) is 3.97. The Balaban J connectivity index is 1.32. The molecule has 1 aliphatic heterocycles. The number of aryl methyl sites for hydroxylation is 1. The highest BCUT2D eigenvalue weighted by molar-refractivity contribution is 5.78. The first-order valence-electron chi connectivity index (χ1n) is 10.5. The van der Waals surface area contributed by atoms with E-state index in [0.29, 0.717) is 32.5 Å². The molecule has 1 N–H and O–H groups in total. The van der Waals surface area contributed by atoms with Crippen LogP contribution in [0.5, 0.6) is 0 Å². The molecule has 5 nitrogen and oxygen atoms in total. The van der Waals surface area contributed by atoms with E-state index in [9.17, 15) is 9.59 Å². The first kappa shape index (κ1) is 21.1. The molecule has 1 amide bonds. The molecule has 29 heavy (non-hydrogen) atoms. The van der Waals surface area contributed by atoms with Crippen LogP contribution >= 0.6 is 0 Å². The molecular formula is C24H30N2O3. The van der Waals surface area contributed by atoms with Crippen molar-refractivity contribution in [1.29, 1.82) is 0 Å². The standard InChI is InChI=1S/C24H30N2O3/c27-23(14-13-20-8-3-1-4-9-20)15-16-25-22-12-7-17-26(18-22)24(28)29-19-21-10-5-2-6-11-21/h1-6,8-11,22,25H,7,12-19H2/t22-/m1/s1. The number of carbonyl (C=O) groups is 2. The number of ketones is 1. The van der Waals surface area contributed by atoms with Crippen molar-refractivity contribution in [3.63, 3.8) is 0 Å². The number of hydrogen-bond donors (Lipinski definition) is 1. The fraction of sp³-hybridized carbons (Fsp3) is 0.417. The molecule has 0 aromatic heterocycles. The summed E-state index contributed by atoms with van der Waals surface area (Å²) in [5.74, 6) is 0.274. The summed E-state index contributed by atoms with van der Waals surface area (Å²) in [7, 11) is 0. The summed E-state index contributed by atoms with van der Waals surface area (Å²) < 4.78 is 5.44. The van der Waals surface area contributed by atoms with Gasteiger partial charge in [0, 0.05) is 38.5 Å². The van der Waals surface area contributed by atoms with Gasteiger partial charge in [0.2, 0.25) is 0 Å². The van der Waals surface area contributed by atoms with Crippen LogP contribution in [-0.4, -0.2) is 42.5 Å². The third-order valence-corrected chi connectivity index (χ3v) is 5.26. The molecule has 1 atom stereocenters. The maximum atomic E-state index is 12.3. The van der Waals surface area contributed by atoms with Crippen LogP contribution in [-0.2, 0) is 22.6 Å². The van der Waals surface area contributed by atoms with Crippen molar-refractivity contribution in [1.82, 2.24) is 10.2 Å². The summed E-state index contributed by atoms with van der Waals surface area (Å²) >= 11 is 0. The van der Waals surface area contributed by atoms with Crippen molar-refractivity contribution >= 4 is 11.9 Å². The quantitative estimate of drug-likeness (QED) is 0.699. The van der Waals surface area contributed by atoms with Gasteiger partial charge < -0.3 is 15.0 Å². The van der Waals surface area contributed by atoms with Crippen LogP contribution in [0, 0.1) is 0 Å². The molecule has 0 unspecified atom stereocenters. The van der Waals surface area contributed by atoms with E-state index in [-0.39, 0.29) is 17.9 Å². The summed E-state index contributed by atoms with van der Waals surface area (Å²) in [5, 5.41) is 3.44. The van der Waals surface area contributed by atoms with E-state index in [4.69, 9.17) is 4.74 Å². The third-order valence-electron chi connectivity index (χ3n) is 5.26. The number of piperidine rings is 1. The van der Waals surface area contributed by atoms with Gasteiger partial charge in [0.05, 0.1) is 0 Å². The normalized spacial score (nSPS) is 16.4. The van der Waals surface area contributed by atoms with Gasteiger partial charge in [-0.15, -0.1) is 0 Å². The number of amides is 1.